The van der Waals surface area contributed by atoms with Gasteiger partial charge in [0.2, 0.25) is 0 Å². The van der Waals surface area contributed by atoms with Crippen molar-refractivity contribution in [2.24, 2.45) is 11.3 Å². The zero-order chi connectivity index (χ0) is 22.4. The van der Waals surface area contributed by atoms with Crippen LogP contribution in [0.1, 0.15) is 52.0 Å². The van der Waals surface area contributed by atoms with Crippen LogP contribution in [0.15, 0.2) is 48.5 Å². The lowest BCUT2D eigenvalue weighted by molar-refractivity contribution is 0.110. The lowest BCUT2D eigenvalue weighted by atomic mass is 9.71. The highest BCUT2D eigenvalue weighted by Crippen LogP contribution is 2.40. The maximum absolute atomic E-state index is 13.5. The highest BCUT2D eigenvalue weighted by molar-refractivity contribution is 5.93. The molecule has 5 heteroatoms. The van der Waals surface area contributed by atoms with Crippen molar-refractivity contribution < 1.29 is 14.3 Å². The molecule has 3 rings (SSSR count). The molecule has 2 aromatic carbocycles. The predicted octanol–water partition coefficient (Wildman–Crippen LogP) is 6.34. The minimum atomic E-state index is -0.120. The maximum atomic E-state index is 13.5. The lowest BCUT2D eigenvalue weighted by Gasteiger charge is -2.41. The van der Waals surface area contributed by atoms with E-state index >= 15 is 0 Å². The van der Waals surface area contributed by atoms with E-state index in [1.807, 2.05) is 41.3 Å². The molecule has 31 heavy (non-hydrogen) atoms. The molecule has 0 aliphatic heterocycles. The normalized spacial score (nSPS) is 18.9. The molecule has 0 radical (unpaired) electrons. The second-order valence-electron chi connectivity index (χ2n) is 9.45. The number of para-hydroxylation sites is 1. The second kappa shape index (κ2) is 10.1. The number of hydrogen-bond acceptors (Lipinski definition) is 3. The summed E-state index contributed by atoms with van der Waals surface area (Å²) in [6.07, 6.45) is 4.33. The minimum Gasteiger partial charge on any atom is -0.494 e. The number of rotatable bonds is 6. The number of carbonyl (C=O) groups is 1. The Morgan fingerprint density at radius 2 is 1.52 bits per heavy atom. The maximum Gasteiger partial charge on any atom is 0.322 e. The average molecular weight is 425 g/mol. The van der Waals surface area contributed by atoms with E-state index in [2.05, 4.69) is 38.2 Å². The number of hydrogen-bond donors (Lipinski definition) is 1. The Balaban J connectivity index is 1.83. The summed E-state index contributed by atoms with van der Waals surface area (Å²) in [5.74, 6) is 1.87. The first-order valence-electron chi connectivity index (χ1n) is 11.2. The Morgan fingerprint density at radius 1 is 0.935 bits per heavy atom. The first-order chi connectivity index (χ1) is 14.8. The molecule has 2 amide bonds. The van der Waals surface area contributed by atoms with Gasteiger partial charge in [-0.25, -0.2) is 4.79 Å². The van der Waals surface area contributed by atoms with Crippen LogP contribution >= 0.6 is 0 Å². The third-order valence-electron chi connectivity index (χ3n) is 6.48. The van der Waals surface area contributed by atoms with Gasteiger partial charge in [0.25, 0.3) is 0 Å². The number of urea groups is 1. The highest BCUT2D eigenvalue weighted by Gasteiger charge is 2.34. The van der Waals surface area contributed by atoms with Gasteiger partial charge in [-0.05, 0) is 54.7 Å². The van der Waals surface area contributed by atoms with Crippen LogP contribution in [-0.2, 0) is 6.54 Å². The van der Waals surface area contributed by atoms with Crippen molar-refractivity contribution in [1.29, 1.82) is 0 Å². The first-order valence-corrected chi connectivity index (χ1v) is 11.2. The van der Waals surface area contributed by atoms with Crippen molar-refractivity contribution in [2.45, 2.75) is 59.0 Å². The van der Waals surface area contributed by atoms with E-state index in [1.54, 1.807) is 14.2 Å². The van der Waals surface area contributed by atoms with Crippen molar-refractivity contribution >= 4 is 11.7 Å². The molecule has 0 bridgehead atoms. The molecule has 0 aromatic heterocycles. The molecule has 168 valence electrons. The van der Waals surface area contributed by atoms with Crippen LogP contribution in [0, 0.1) is 11.3 Å². The molecular formula is C26H36N2O3. The number of nitrogens with one attached hydrogen (secondary N) is 1. The van der Waals surface area contributed by atoms with E-state index < -0.39 is 0 Å². The van der Waals surface area contributed by atoms with E-state index in [0.717, 1.165) is 31.2 Å². The summed E-state index contributed by atoms with van der Waals surface area (Å²) >= 11 is 0. The first kappa shape index (κ1) is 23.0. The fourth-order valence-electron chi connectivity index (χ4n) is 4.55. The smallest absolute Gasteiger partial charge is 0.322 e. The van der Waals surface area contributed by atoms with E-state index in [1.165, 1.54) is 0 Å². The zero-order valence-electron chi connectivity index (χ0n) is 19.5. The van der Waals surface area contributed by atoms with Gasteiger partial charge in [-0.3, -0.25) is 0 Å². The Kier molecular flexibility index (Phi) is 7.47. The molecule has 1 saturated carbocycles. The van der Waals surface area contributed by atoms with Crippen molar-refractivity contribution in [3.63, 3.8) is 0 Å². The van der Waals surface area contributed by atoms with Gasteiger partial charge in [-0.15, -0.1) is 0 Å². The summed E-state index contributed by atoms with van der Waals surface area (Å²) in [5, 5.41) is 3.08. The predicted molar refractivity (Wildman–Crippen MR) is 126 cm³/mol. The molecule has 0 atom stereocenters. The molecule has 5 nitrogen and oxygen atoms in total. The van der Waals surface area contributed by atoms with Gasteiger partial charge in [0.05, 0.1) is 14.2 Å². The van der Waals surface area contributed by atoms with Crippen LogP contribution in [0.2, 0.25) is 0 Å². The number of amides is 2. The number of benzene rings is 2. The van der Waals surface area contributed by atoms with Gasteiger partial charge in [0.15, 0.2) is 0 Å². The quantitative estimate of drug-likeness (QED) is 0.588. The van der Waals surface area contributed by atoms with Gasteiger partial charge in [0, 0.05) is 12.6 Å². The molecule has 1 aliphatic carbocycles. The summed E-state index contributed by atoms with van der Waals surface area (Å²) in [6.45, 7) is 7.54. The second-order valence-corrected chi connectivity index (χ2v) is 9.45. The van der Waals surface area contributed by atoms with E-state index in [9.17, 15) is 4.79 Å². The molecule has 1 fully saturated rings. The van der Waals surface area contributed by atoms with Gasteiger partial charge >= 0.3 is 6.03 Å². The molecule has 2 aromatic rings. The van der Waals surface area contributed by atoms with E-state index in [0.29, 0.717) is 35.1 Å². The lowest BCUT2D eigenvalue weighted by Crippen LogP contribution is -2.45. The van der Waals surface area contributed by atoms with E-state index in [-0.39, 0.29) is 12.1 Å². The van der Waals surface area contributed by atoms with Crippen LogP contribution < -0.4 is 14.8 Å². The van der Waals surface area contributed by atoms with Gasteiger partial charge in [0.1, 0.15) is 17.2 Å². The van der Waals surface area contributed by atoms with Crippen LogP contribution in [0.5, 0.6) is 11.5 Å². The van der Waals surface area contributed by atoms with E-state index in [4.69, 9.17) is 9.47 Å². The molecule has 0 unspecified atom stereocenters. The Hall–Kier alpha value is -2.69. The van der Waals surface area contributed by atoms with Crippen molar-refractivity contribution in [3.05, 3.63) is 54.1 Å². The number of ether oxygens (including phenoxy) is 2. The largest absolute Gasteiger partial charge is 0.494 e. The highest BCUT2D eigenvalue weighted by atomic mass is 16.5. The van der Waals surface area contributed by atoms with Crippen molar-refractivity contribution in [2.75, 3.05) is 19.5 Å². The number of methoxy groups -OCH3 is 2. The third kappa shape index (κ3) is 5.72. The molecule has 0 saturated heterocycles. The molecule has 0 spiro atoms. The summed E-state index contributed by atoms with van der Waals surface area (Å²) in [4.78, 5) is 15.5. The van der Waals surface area contributed by atoms with Crippen LogP contribution in [0.4, 0.5) is 10.5 Å². The van der Waals surface area contributed by atoms with Crippen LogP contribution in [-0.4, -0.2) is 31.2 Å². The Labute approximate surface area is 186 Å². The molecule has 1 aliphatic rings. The van der Waals surface area contributed by atoms with Crippen molar-refractivity contribution in [3.8, 4) is 11.5 Å². The standard InChI is InChI=1S/C26H36N2O3/c1-26(2,3)20-14-16-21(17-15-20)28(18-19-10-7-6-8-11-19)25(29)27-24-22(30-4)12-9-13-23(24)31-5/h6-13,20-21H,14-18H2,1-5H3,(H,27,29)/t20-,21-. The van der Waals surface area contributed by atoms with Crippen molar-refractivity contribution in [1.82, 2.24) is 4.90 Å². The molecule has 1 N–H and O–H groups in total. The number of nitrogens with zero attached hydrogens (tertiary/aromatic N) is 1. The topological polar surface area (TPSA) is 50.8 Å². The summed E-state index contributed by atoms with van der Waals surface area (Å²) in [5.41, 5.74) is 2.00. The van der Waals surface area contributed by atoms with Crippen LogP contribution in [0.25, 0.3) is 0 Å². The average Bonchev–Trinajstić information content (AvgIpc) is 2.77. The van der Waals surface area contributed by atoms with Gasteiger partial charge in [-0.1, -0.05) is 57.2 Å². The summed E-state index contributed by atoms with van der Waals surface area (Å²) < 4.78 is 10.9. The van der Waals surface area contributed by atoms with Gasteiger partial charge in [-0.2, -0.15) is 0 Å². The number of carbonyl (C=O) groups excluding carboxylic acids is 1. The molecule has 0 heterocycles. The summed E-state index contributed by atoms with van der Waals surface area (Å²) in [7, 11) is 3.19. The SMILES string of the molecule is COc1cccc(OC)c1NC(=O)N(Cc1ccccc1)[C@H]1CC[C@H](C(C)(C)C)CC1. The minimum absolute atomic E-state index is 0.120. The van der Waals surface area contributed by atoms with Crippen LogP contribution in [0.3, 0.4) is 0 Å². The Bertz CT molecular complexity index is 830. The number of anilines is 1. The third-order valence-corrected chi connectivity index (χ3v) is 6.48. The molecular weight excluding hydrogens is 388 g/mol. The fourth-order valence-corrected chi connectivity index (χ4v) is 4.55. The fraction of sp³-hybridized carbons (Fsp3) is 0.500. The monoisotopic (exact) mass is 424 g/mol. The Morgan fingerprint density at radius 3 is 2.03 bits per heavy atom. The zero-order valence-corrected chi connectivity index (χ0v) is 19.5. The van der Waals surface area contributed by atoms with Gasteiger partial charge < -0.3 is 19.7 Å². The summed E-state index contributed by atoms with van der Waals surface area (Å²) in [6, 6.07) is 15.8.